The number of aryl methyl sites for hydroxylation is 3. The maximum absolute atomic E-state index is 13.2. The van der Waals surface area contributed by atoms with Gasteiger partial charge in [-0.25, -0.2) is 4.68 Å². The normalized spacial score (nSPS) is 11.4. The van der Waals surface area contributed by atoms with Crippen LogP contribution in [0.3, 0.4) is 0 Å². The van der Waals surface area contributed by atoms with Crippen LogP contribution in [0.4, 0.5) is 24.7 Å². The Bertz CT molecular complexity index is 1140. The number of rotatable bonds is 7. The van der Waals surface area contributed by atoms with E-state index in [1.807, 2.05) is 0 Å². The molecular weight excluding hydrogens is 447 g/mol. The van der Waals surface area contributed by atoms with Gasteiger partial charge in [-0.05, 0) is 45.0 Å². The summed E-state index contributed by atoms with van der Waals surface area (Å²) in [6, 6.07) is 6.38. The van der Waals surface area contributed by atoms with Gasteiger partial charge in [0.1, 0.15) is 5.76 Å². The molecule has 8 nitrogen and oxygen atoms in total. The highest BCUT2D eigenvalue weighted by atomic mass is 32.2. The van der Waals surface area contributed by atoms with Crippen molar-refractivity contribution in [1.82, 2.24) is 14.9 Å². The van der Waals surface area contributed by atoms with Crippen molar-refractivity contribution in [2.45, 2.75) is 26.9 Å². The number of hydrogen-bond acceptors (Lipinski definition) is 6. The molecule has 0 radical (unpaired) electrons. The van der Waals surface area contributed by atoms with Crippen LogP contribution in [0.25, 0.3) is 5.69 Å². The van der Waals surface area contributed by atoms with Crippen LogP contribution in [0.1, 0.15) is 22.7 Å². The number of carbonyl (C=O) groups excluding carboxylic acids is 2. The van der Waals surface area contributed by atoms with Crippen molar-refractivity contribution in [2.24, 2.45) is 0 Å². The minimum absolute atomic E-state index is 0.0286. The van der Waals surface area contributed by atoms with Gasteiger partial charge in [0.2, 0.25) is 11.8 Å². The van der Waals surface area contributed by atoms with Gasteiger partial charge in [0.05, 0.1) is 34.1 Å². The smallest absolute Gasteiger partial charge is 0.360 e. The number of hydrogen-bond donors (Lipinski definition) is 2. The van der Waals surface area contributed by atoms with Crippen molar-refractivity contribution in [3.63, 3.8) is 0 Å². The van der Waals surface area contributed by atoms with E-state index < -0.39 is 23.6 Å². The number of anilines is 2. The molecule has 0 aliphatic carbocycles. The lowest BCUT2D eigenvalue weighted by Gasteiger charge is -2.15. The van der Waals surface area contributed by atoms with Gasteiger partial charge in [0.15, 0.2) is 5.82 Å². The summed E-state index contributed by atoms with van der Waals surface area (Å²) in [5.41, 5.74) is 0.767. The van der Waals surface area contributed by atoms with Gasteiger partial charge in [-0.2, -0.15) is 18.3 Å². The lowest BCUT2D eigenvalue weighted by atomic mass is 10.1. The highest BCUT2D eigenvalue weighted by molar-refractivity contribution is 8.00. The van der Waals surface area contributed by atoms with Crippen LogP contribution in [0.2, 0.25) is 0 Å². The Morgan fingerprint density at radius 3 is 2.31 bits per heavy atom. The van der Waals surface area contributed by atoms with Crippen LogP contribution in [0.5, 0.6) is 0 Å². The molecule has 0 fully saturated rings. The molecule has 2 aromatic heterocycles. The second-order valence-corrected chi connectivity index (χ2v) is 7.97. The predicted octanol–water partition coefficient (Wildman–Crippen LogP) is 4.11. The molecule has 1 aromatic carbocycles. The Labute approximate surface area is 185 Å². The molecule has 3 rings (SSSR count). The van der Waals surface area contributed by atoms with E-state index in [1.165, 1.54) is 10.7 Å². The standard InChI is InChI=1S/C20H20F3N5O3S/c1-11-6-12(2)28(26-11)16-5-4-14(20(21,22)23)8-15(16)24-18(29)9-32-10-19(30)25-17-7-13(3)31-27-17/h4-8H,9-10H2,1-3H3,(H,24,29)(H,25,27,30). The summed E-state index contributed by atoms with van der Waals surface area (Å²) in [4.78, 5) is 24.3. The van der Waals surface area contributed by atoms with Crippen LogP contribution in [0, 0.1) is 20.8 Å². The SMILES string of the molecule is Cc1cc(C)n(-c2ccc(C(F)(F)F)cc2NC(=O)CSCC(=O)Nc2cc(C)on2)n1. The summed E-state index contributed by atoms with van der Waals surface area (Å²) in [6.07, 6.45) is -4.57. The zero-order valence-electron chi connectivity index (χ0n) is 17.4. The van der Waals surface area contributed by atoms with Crippen molar-refractivity contribution in [1.29, 1.82) is 0 Å². The molecule has 0 saturated carbocycles. The van der Waals surface area contributed by atoms with Crippen LogP contribution in [-0.4, -0.2) is 38.3 Å². The number of carbonyl (C=O) groups is 2. The highest BCUT2D eigenvalue weighted by Gasteiger charge is 2.31. The number of amides is 2. The largest absolute Gasteiger partial charge is 0.416 e. The Morgan fingerprint density at radius 2 is 1.75 bits per heavy atom. The molecule has 2 heterocycles. The number of halogens is 3. The summed E-state index contributed by atoms with van der Waals surface area (Å²) in [7, 11) is 0. The topological polar surface area (TPSA) is 102 Å². The minimum atomic E-state index is -4.57. The maximum atomic E-state index is 13.2. The Kier molecular flexibility index (Phi) is 6.92. The van der Waals surface area contributed by atoms with Crippen LogP contribution in [0.15, 0.2) is 34.9 Å². The van der Waals surface area contributed by atoms with E-state index >= 15 is 0 Å². The van der Waals surface area contributed by atoms with Gasteiger partial charge in [-0.15, -0.1) is 11.8 Å². The van der Waals surface area contributed by atoms with Gasteiger partial charge in [-0.3, -0.25) is 9.59 Å². The summed E-state index contributed by atoms with van der Waals surface area (Å²) in [5.74, 6) is -0.340. The van der Waals surface area contributed by atoms with Gasteiger partial charge in [-0.1, -0.05) is 5.16 Å². The first-order valence-corrected chi connectivity index (χ1v) is 10.5. The molecule has 3 aromatic rings. The fraction of sp³-hybridized carbons (Fsp3) is 0.300. The number of benzene rings is 1. The lowest BCUT2D eigenvalue weighted by molar-refractivity contribution is -0.137. The van der Waals surface area contributed by atoms with E-state index in [0.717, 1.165) is 23.9 Å². The molecule has 12 heteroatoms. The van der Waals surface area contributed by atoms with E-state index in [9.17, 15) is 22.8 Å². The maximum Gasteiger partial charge on any atom is 0.416 e. The zero-order valence-corrected chi connectivity index (χ0v) is 18.2. The molecule has 0 bridgehead atoms. The van der Waals surface area contributed by atoms with Crippen molar-refractivity contribution in [3.05, 3.63) is 53.0 Å². The average Bonchev–Trinajstić information content (AvgIpc) is 3.24. The van der Waals surface area contributed by atoms with Gasteiger partial charge < -0.3 is 15.2 Å². The monoisotopic (exact) mass is 467 g/mol. The van der Waals surface area contributed by atoms with E-state index in [2.05, 4.69) is 20.9 Å². The van der Waals surface area contributed by atoms with Gasteiger partial charge in [0.25, 0.3) is 0 Å². The second-order valence-electron chi connectivity index (χ2n) is 6.98. The summed E-state index contributed by atoms with van der Waals surface area (Å²) < 4.78 is 45.9. The Balaban J connectivity index is 1.68. The fourth-order valence-electron chi connectivity index (χ4n) is 2.90. The molecular formula is C20H20F3N5O3S. The number of nitrogens with one attached hydrogen (secondary N) is 2. The number of aromatic nitrogens is 3. The zero-order chi connectivity index (χ0) is 23.5. The minimum Gasteiger partial charge on any atom is -0.360 e. The van der Waals surface area contributed by atoms with Gasteiger partial charge in [0, 0.05) is 11.8 Å². The first-order chi connectivity index (χ1) is 15.0. The van der Waals surface area contributed by atoms with Crippen molar-refractivity contribution < 1.29 is 27.3 Å². The lowest BCUT2D eigenvalue weighted by Crippen LogP contribution is -2.20. The van der Waals surface area contributed by atoms with E-state index in [0.29, 0.717) is 22.8 Å². The molecule has 0 unspecified atom stereocenters. The number of alkyl halides is 3. The molecule has 2 N–H and O–H groups in total. The van der Waals surface area contributed by atoms with Crippen molar-refractivity contribution in [3.8, 4) is 5.69 Å². The third-order valence-electron chi connectivity index (χ3n) is 4.20. The third-order valence-corrected chi connectivity index (χ3v) is 5.13. The van der Waals surface area contributed by atoms with E-state index in [-0.39, 0.29) is 23.0 Å². The molecule has 32 heavy (non-hydrogen) atoms. The summed E-state index contributed by atoms with van der Waals surface area (Å²) in [5, 5.41) is 12.9. The predicted molar refractivity (Wildman–Crippen MR) is 114 cm³/mol. The van der Waals surface area contributed by atoms with E-state index in [1.54, 1.807) is 32.9 Å². The second kappa shape index (κ2) is 9.47. The van der Waals surface area contributed by atoms with E-state index in [4.69, 9.17) is 4.52 Å². The molecule has 0 atom stereocenters. The molecule has 0 aliphatic heterocycles. The quantitative estimate of drug-likeness (QED) is 0.542. The Morgan fingerprint density at radius 1 is 1.06 bits per heavy atom. The van der Waals surface area contributed by atoms with Crippen LogP contribution >= 0.6 is 11.8 Å². The first kappa shape index (κ1) is 23.4. The molecule has 170 valence electrons. The number of thioether (sulfide) groups is 1. The molecule has 0 spiro atoms. The first-order valence-electron chi connectivity index (χ1n) is 9.38. The molecule has 0 aliphatic rings. The summed E-state index contributed by atoms with van der Waals surface area (Å²) in [6.45, 7) is 5.19. The Hall–Kier alpha value is -3.28. The third kappa shape index (κ3) is 5.90. The average molecular weight is 467 g/mol. The summed E-state index contributed by atoms with van der Waals surface area (Å²) >= 11 is 1.01. The van der Waals surface area contributed by atoms with Crippen LogP contribution < -0.4 is 10.6 Å². The number of nitrogens with zero attached hydrogens (tertiary/aromatic N) is 3. The van der Waals surface area contributed by atoms with Crippen molar-refractivity contribution >= 4 is 35.1 Å². The van der Waals surface area contributed by atoms with Gasteiger partial charge >= 0.3 is 6.18 Å². The van der Waals surface area contributed by atoms with Crippen molar-refractivity contribution in [2.75, 3.05) is 22.1 Å². The highest BCUT2D eigenvalue weighted by Crippen LogP contribution is 2.33. The molecule has 0 saturated heterocycles. The molecule has 2 amide bonds. The van der Waals surface area contributed by atoms with Crippen LogP contribution in [-0.2, 0) is 15.8 Å². The fourth-order valence-corrected chi connectivity index (χ4v) is 3.51.